The van der Waals surface area contributed by atoms with Crippen LogP contribution in [0.1, 0.15) is 15.9 Å². The van der Waals surface area contributed by atoms with E-state index >= 15 is 0 Å². The van der Waals surface area contributed by atoms with Crippen molar-refractivity contribution in [3.05, 3.63) is 45.5 Å². The Morgan fingerprint density at radius 3 is 2.12 bits per heavy atom. The van der Waals surface area contributed by atoms with Gasteiger partial charge >= 0.3 is 5.97 Å². The van der Waals surface area contributed by atoms with E-state index in [1.54, 1.807) is 6.92 Å². The summed E-state index contributed by atoms with van der Waals surface area (Å²) in [5, 5.41) is 9.12. The number of ketones is 1. The van der Waals surface area contributed by atoms with Gasteiger partial charge in [0.1, 0.15) is 0 Å². The molecule has 1 aromatic rings. The van der Waals surface area contributed by atoms with Crippen LogP contribution in [0.4, 0.5) is 0 Å². The van der Waals surface area contributed by atoms with Crippen molar-refractivity contribution < 1.29 is 14.7 Å². The average molecular weight is 259 g/mol. The van der Waals surface area contributed by atoms with Gasteiger partial charge < -0.3 is 5.11 Å². The van der Waals surface area contributed by atoms with Crippen LogP contribution in [0.25, 0.3) is 0 Å². The van der Waals surface area contributed by atoms with Gasteiger partial charge in [-0.25, -0.2) is 4.79 Å². The quantitative estimate of drug-likeness (QED) is 0.670. The summed E-state index contributed by atoms with van der Waals surface area (Å²) in [6.07, 6.45) is 1.73. The Labute approximate surface area is 102 Å². The summed E-state index contributed by atoms with van der Waals surface area (Å²) in [7, 11) is 0. The maximum absolute atomic E-state index is 11.5. The molecule has 0 unspecified atom stereocenters. The number of allylic oxidation sites excluding steroid dienone is 1. The van der Waals surface area contributed by atoms with E-state index in [-0.39, 0.29) is 5.56 Å². The molecule has 1 rings (SSSR count). The lowest BCUT2D eigenvalue weighted by Crippen LogP contribution is -1.97. The van der Waals surface area contributed by atoms with Crippen molar-refractivity contribution in [3.8, 4) is 0 Å². The highest BCUT2D eigenvalue weighted by atomic mass is 35.5. The van der Waals surface area contributed by atoms with Gasteiger partial charge in [-0.2, -0.15) is 0 Å². The zero-order valence-corrected chi connectivity index (χ0v) is 9.84. The van der Waals surface area contributed by atoms with E-state index in [0.29, 0.717) is 15.6 Å². The highest BCUT2D eigenvalue weighted by Gasteiger charge is 2.08. The summed E-state index contributed by atoms with van der Waals surface area (Å²) in [5.41, 5.74) is 0.945. The Kier molecular flexibility index (Phi) is 4.10. The summed E-state index contributed by atoms with van der Waals surface area (Å²) < 4.78 is 0. The van der Waals surface area contributed by atoms with Crippen LogP contribution in [0, 0.1) is 6.92 Å². The Bertz CT molecular complexity index is 455. The molecule has 0 bridgehead atoms. The van der Waals surface area contributed by atoms with E-state index in [9.17, 15) is 9.59 Å². The second kappa shape index (κ2) is 5.14. The molecule has 0 aromatic heterocycles. The first kappa shape index (κ1) is 12.7. The van der Waals surface area contributed by atoms with Gasteiger partial charge in [0.15, 0.2) is 5.78 Å². The average Bonchev–Trinajstić information content (AvgIpc) is 2.21. The molecule has 0 atom stereocenters. The van der Waals surface area contributed by atoms with Gasteiger partial charge in [0.25, 0.3) is 0 Å². The zero-order chi connectivity index (χ0) is 12.3. The first-order chi connectivity index (χ1) is 7.41. The summed E-state index contributed by atoms with van der Waals surface area (Å²) >= 11 is 11.7. The highest BCUT2D eigenvalue weighted by Crippen LogP contribution is 2.25. The molecule has 0 amide bonds. The van der Waals surface area contributed by atoms with Crippen molar-refractivity contribution in [1.29, 1.82) is 0 Å². The molecule has 1 aromatic carbocycles. The van der Waals surface area contributed by atoms with E-state index in [2.05, 4.69) is 0 Å². The van der Waals surface area contributed by atoms with Crippen LogP contribution in [0.2, 0.25) is 10.0 Å². The van der Waals surface area contributed by atoms with Crippen LogP contribution in [-0.4, -0.2) is 16.9 Å². The molecule has 0 aliphatic heterocycles. The number of carboxylic acid groups (broad SMARTS) is 1. The van der Waals surface area contributed by atoms with Crippen LogP contribution >= 0.6 is 23.2 Å². The Hall–Kier alpha value is -1.32. The first-order valence-corrected chi connectivity index (χ1v) is 5.08. The lowest BCUT2D eigenvalue weighted by atomic mass is 10.1. The zero-order valence-electron chi connectivity index (χ0n) is 8.33. The van der Waals surface area contributed by atoms with E-state index in [1.807, 2.05) is 0 Å². The molecule has 0 saturated carbocycles. The molecule has 1 N–H and O–H groups in total. The third kappa shape index (κ3) is 3.08. The van der Waals surface area contributed by atoms with Gasteiger partial charge in [-0.3, -0.25) is 4.79 Å². The molecular formula is C11H8Cl2O3. The molecule has 5 heteroatoms. The normalized spacial score (nSPS) is 10.7. The SMILES string of the molecule is Cc1c(Cl)cc(C(=O)/C=C/C(=O)O)cc1Cl. The topological polar surface area (TPSA) is 54.4 Å². The standard InChI is InChI=1S/C11H8Cl2O3/c1-6-8(12)4-7(5-9(6)13)10(14)2-3-11(15)16/h2-5H,1H3,(H,15,16)/b3-2+. The minimum absolute atomic E-state index is 0.262. The van der Waals surface area contributed by atoms with Crippen molar-refractivity contribution in [2.45, 2.75) is 6.92 Å². The van der Waals surface area contributed by atoms with Crippen LogP contribution in [0.3, 0.4) is 0 Å². The van der Waals surface area contributed by atoms with E-state index < -0.39 is 11.8 Å². The van der Waals surface area contributed by atoms with E-state index in [4.69, 9.17) is 28.3 Å². The number of carbonyl (C=O) groups excluding carboxylic acids is 1. The molecule has 0 fully saturated rings. The van der Waals surface area contributed by atoms with E-state index in [1.165, 1.54) is 12.1 Å². The molecule has 0 saturated heterocycles. The first-order valence-electron chi connectivity index (χ1n) is 4.33. The number of hydrogen-bond donors (Lipinski definition) is 1. The fraction of sp³-hybridized carbons (Fsp3) is 0.0909. The summed E-state index contributed by atoms with van der Waals surface area (Å²) in [5.74, 6) is -1.64. The fourth-order valence-electron chi connectivity index (χ4n) is 1.03. The molecule has 0 radical (unpaired) electrons. The Morgan fingerprint density at radius 2 is 1.69 bits per heavy atom. The van der Waals surface area contributed by atoms with Gasteiger partial charge in [0, 0.05) is 21.7 Å². The van der Waals surface area contributed by atoms with Crippen molar-refractivity contribution in [2.75, 3.05) is 0 Å². The van der Waals surface area contributed by atoms with Gasteiger partial charge in [-0.05, 0) is 30.7 Å². The van der Waals surface area contributed by atoms with Gasteiger partial charge in [-0.1, -0.05) is 23.2 Å². The molecule has 0 aliphatic rings. The molecule has 84 valence electrons. The van der Waals surface area contributed by atoms with Crippen molar-refractivity contribution in [1.82, 2.24) is 0 Å². The number of aliphatic carboxylic acids is 1. The van der Waals surface area contributed by atoms with Crippen LogP contribution in [0.5, 0.6) is 0 Å². The van der Waals surface area contributed by atoms with Crippen molar-refractivity contribution >= 4 is 35.0 Å². The predicted octanol–water partition coefficient (Wildman–Crippen LogP) is 3.13. The van der Waals surface area contributed by atoms with Gasteiger partial charge in [-0.15, -0.1) is 0 Å². The van der Waals surface area contributed by atoms with Gasteiger partial charge in [0.2, 0.25) is 0 Å². The number of hydrogen-bond acceptors (Lipinski definition) is 2. The highest BCUT2D eigenvalue weighted by molar-refractivity contribution is 6.36. The summed E-state index contributed by atoms with van der Waals surface area (Å²) in [4.78, 5) is 21.7. The molecule has 0 aliphatic carbocycles. The minimum Gasteiger partial charge on any atom is -0.478 e. The number of carbonyl (C=O) groups is 2. The molecule has 0 spiro atoms. The second-order valence-corrected chi connectivity index (χ2v) is 3.92. The summed E-state index contributed by atoms with van der Waals surface area (Å²) in [6, 6.07) is 2.91. The molecule has 3 nitrogen and oxygen atoms in total. The largest absolute Gasteiger partial charge is 0.478 e. The van der Waals surface area contributed by atoms with E-state index in [0.717, 1.165) is 12.2 Å². The summed E-state index contributed by atoms with van der Waals surface area (Å²) in [6.45, 7) is 1.73. The fourth-order valence-corrected chi connectivity index (χ4v) is 1.52. The van der Waals surface area contributed by atoms with Gasteiger partial charge in [0.05, 0.1) is 0 Å². The lowest BCUT2D eigenvalue weighted by Gasteiger charge is -2.03. The van der Waals surface area contributed by atoms with Crippen molar-refractivity contribution in [2.24, 2.45) is 0 Å². The number of benzene rings is 1. The molecular weight excluding hydrogens is 251 g/mol. The molecule has 0 heterocycles. The number of carboxylic acids is 1. The second-order valence-electron chi connectivity index (χ2n) is 3.10. The van der Waals surface area contributed by atoms with Crippen LogP contribution in [-0.2, 0) is 4.79 Å². The lowest BCUT2D eigenvalue weighted by molar-refractivity contribution is -0.131. The smallest absolute Gasteiger partial charge is 0.328 e. The third-order valence-electron chi connectivity index (χ3n) is 1.94. The number of rotatable bonds is 3. The minimum atomic E-state index is -1.18. The Morgan fingerprint density at radius 1 is 1.19 bits per heavy atom. The van der Waals surface area contributed by atoms with Crippen molar-refractivity contribution in [3.63, 3.8) is 0 Å². The Balaban J connectivity index is 3.06. The predicted molar refractivity (Wildman–Crippen MR) is 62.3 cm³/mol. The molecule has 16 heavy (non-hydrogen) atoms. The maximum Gasteiger partial charge on any atom is 0.328 e. The maximum atomic E-state index is 11.5. The third-order valence-corrected chi connectivity index (χ3v) is 2.73. The number of halogens is 2. The van der Waals surface area contributed by atoms with Crippen LogP contribution in [0.15, 0.2) is 24.3 Å². The van der Waals surface area contributed by atoms with Crippen LogP contribution < -0.4 is 0 Å². The monoisotopic (exact) mass is 258 g/mol.